The number of anilines is 2. The first kappa shape index (κ1) is 13.7. The van der Waals surface area contributed by atoms with Gasteiger partial charge in [0.15, 0.2) is 10.9 Å². The standard InChI is InChI=1S/C15H18N2OS/c1-10(18)13-9-19-14(17-13)16-12-7-5-11(6-8-12)15(2,3)4/h5-9H,1-4H3,(H,16,17). The number of carbonyl (C=O) groups is 1. The number of hydrogen-bond acceptors (Lipinski definition) is 4. The van der Waals surface area contributed by atoms with E-state index in [9.17, 15) is 4.79 Å². The molecule has 0 spiro atoms. The molecule has 0 fully saturated rings. The van der Waals surface area contributed by atoms with Crippen LogP contribution < -0.4 is 5.32 Å². The van der Waals surface area contributed by atoms with Crippen LogP contribution in [0.2, 0.25) is 0 Å². The Morgan fingerprint density at radius 1 is 1.21 bits per heavy atom. The Kier molecular flexibility index (Phi) is 3.71. The van der Waals surface area contributed by atoms with Gasteiger partial charge in [-0.05, 0) is 23.1 Å². The van der Waals surface area contributed by atoms with E-state index >= 15 is 0 Å². The summed E-state index contributed by atoms with van der Waals surface area (Å²) in [6, 6.07) is 8.30. The summed E-state index contributed by atoms with van der Waals surface area (Å²) in [5.41, 5.74) is 2.94. The van der Waals surface area contributed by atoms with Gasteiger partial charge in [-0.2, -0.15) is 0 Å². The molecule has 0 radical (unpaired) electrons. The van der Waals surface area contributed by atoms with Gasteiger partial charge < -0.3 is 5.32 Å². The zero-order valence-corrected chi connectivity index (χ0v) is 12.5. The van der Waals surface area contributed by atoms with E-state index in [0.29, 0.717) is 5.69 Å². The minimum absolute atomic E-state index is 0.00706. The SMILES string of the molecule is CC(=O)c1csc(Nc2ccc(C(C)(C)C)cc2)n1. The third kappa shape index (κ3) is 3.41. The van der Waals surface area contributed by atoms with Crippen LogP contribution in [-0.2, 0) is 5.41 Å². The van der Waals surface area contributed by atoms with E-state index in [1.807, 2.05) is 12.1 Å². The molecular formula is C15H18N2OS. The summed E-state index contributed by atoms with van der Waals surface area (Å²) in [5, 5.41) is 5.73. The van der Waals surface area contributed by atoms with Gasteiger partial charge in [0.2, 0.25) is 0 Å². The minimum Gasteiger partial charge on any atom is -0.332 e. The zero-order chi connectivity index (χ0) is 14.0. The molecule has 1 aromatic carbocycles. The molecule has 0 aliphatic heterocycles. The normalized spacial score (nSPS) is 11.4. The molecule has 2 rings (SSSR count). The van der Waals surface area contributed by atoms with Crippen molar-refractivity contribution in [3.8, 4) is 0 Å². The summed E-state index contributed by atoms with van der Waals surface area (Å²) < 4.78 is 0. The van der Waals surface area contributed by atoms with Gasteiger partial charge in [0, 0.05) is 18.0 Å². The summed E-state index contributed by atoms with van der Waals surface area (Å²) >= 11 is 1.44. The first-order chi connectivity index (χ1) is 8.86. The summed E-state index contributed by atoms with van der Waals surface area (Å²) in [7, 11) is 0. The monoisotopic (exact) mass is 274 g/mol. The van der Waals surface area contributed by atoms with Crippen LogP contribution in [0.15, 0.2) is 29.6 Å². The first-order valence-electron chi connectivity index (χ1n) is 6.20. The molecule has 0 amide bonds. The molecule has 100 valence electrons. The van der Waals surface area contributed by atoms with E-state index in [-0.39, 0.29) is 11.2 Å². The second kappa shape index (κ2) is 5.13. The van der Waals surface area contributed by atoms with Crippen LogP contribution in [0.1, 0.15) is 43.7 Å². The number of rotatable bonds is 3. The van der Waals surface area contributed by atoms with Crippen molar-refractivity contribution in [2.45, 2.75) is 33.1 Å². The van der Waals surface area contributed by atoms with E-state index in [1.54, 1.807) is 5.38 Å². The van der Waals surface area contributed by atoms with Gasteiger partial charge >= 0.3 is 0 Å². The van der Waals surface area contributed by atoms with Gasteiger partial charge in [0.1, 0.15) is 5.69 Å². The van der Waals surface area contributed by atoms with Gasteiger partial charge in [-0.1, -0.05) is 32.9 Å². The third-order valence-electron chi connectivity index (χ3n) is 2.87. The molecular weight excluding hydrogens is 256 g/mol. The van der Waals surface area contributed by atoms with E-state index in [0.717, 1.165) is 10.8 Å². The Morgan fingerprint density at radius 2 is 1.84 bits per heavy atom. The van der Waals surface area contributed by atoms with Crippen molar-refractivity contribution >= 4 is 27.9 Å². The summed E-state index contributed by atoms with van der Waals surface area (Å²) in [4.78, 5) is 15.4. The van der Waals surface area contributed by atoms with Crippen LogP contribution >= 0.6 is 11.3 Å². The molecule has 19 heavy (non-hydrogen) atoms. The molecule has 1 aromatic heterocycles. The van der Waals surface area contributed by atoms with Crippen molar-refractivity contribution in [2.75, 3.05) is 5.32 Å². The fraction of sp³-hybridized carbons (Fsp3) is 0.333. The predicted octanol–water partition coefficient (Wildman–Crippen LogP) is 4.39. The molecule has 0 saturated heterocycles. The van der Waals surface area contributed by atoms with E-state index < -0.39 is 0 Å². The summed E-state index contributed by atoms with van der Waals surface area (Å²) in [6.07, 6.45) is 0. The first-order valence-corrected chi connectivity index (χ1v) is 7.08. The highest BCUT2D eigenvalue weighted by Gasteiger charge is 2.13. The van der Waals surface area contributed by atoms with Crippen molar-refractivity contribution in [1.29, 1.82) is 0 Å². The van der Waals surface area contributed by atoms with Crippen LogP contribution in [0.5, 0.6) is 0 Å². The Balaban J connectivity index is 2.13. The maximum atomic E-state index is 11.2. The summed E-state index contributed by atoms with van der Waals surface area (Å²) in [5.74, 6) is -0.00706. The highest BCUT2D eigenvalue weighted by Crippen LogP contribution is 2.26. The third-order valence-corrected chi connectivity index (χ3v) is 3.62. The van der Waals surface area contributed by atoms with Crippen molar-refractivity contribution in [2.24, 2.45) is 0 Å². The Morgan fingerprint density at radius 3 is 2.32 bits per heavy atom. The Hall–Kier alpha value is -1.68. The van der Waals surface area contributed by atoms with Crippen LogP contribution in [0.4, 0.5) is 10.8 Å². The van der Waals surface area contributed by atoms with Crippen molar-refractivity contribution in [1.82, 2.24) is 4.98 Å². The molecule has 2 aromatic rings. The molecule has 0 unspecified atom stereocenters. The fourth-order valence-corrected chi connectivity index (χ4v) is 2.44. The van der Waals surface area contributed by atoms with Crippen molar-refractivity contribution < 1.29 is 4.79 Å². The van der Waals surface area contributed by atoms with E-state index in [4.69, 9.17) is 0 Å². The number of benzene rings is 1. The quantitative estimate of drug-likeness (QED) is 0.844. The lowest BCUT2D eigenvalue weighted by molar-refractivity contribution is 0.101. The molecule has 0 aliphatic rings. The summed E-state index contributed by atoms with van der Waals surface area (Å²) in [6.45, 7) is 8.09. The molecule has 0 aliphatic carbocycles. The zero-order valence-electron chi connectivity index (χ0n) is 11.7. The smallest absolute Gasteiger partial charge is 0.187 e. The van der Waals surface area contributed by atoms with Gasteiger partial charge in [0.05, 0.1) is 0 Å². The number of aromatic nitrogens is 1. The van der Waals surface area contributed by atoms with Crippen molar-refractivity contribution in [3.63, 3.8) is 0 Å². The van der Waals surface area contributed by atoms with Crippen LogP contribution in [0, 0.1) is 0 Å². The van der Waals surface area contributed by atoms with Gasteiger partial charge in [-0.3, -0.25) is 4.79 Å². The minimum atomic E-state index is -0.00706. The number of thiazole rings is 1. The maximum Gasteiger partial charge on any atom is 0.187 e. The van der Waals surface area contributed by atoms with Crippen LogP contribution in [-0.4, -0.2) is 10.8 Å². The lowest BCUT2D eigenvalue weighted by atomic mass is 9.87. The average Bonchev–Trinajstić information content (AvgIpc) is 2.77. The van der Waals surface area contributed by atoms with Crippen LogP contribution in [0.3, 0.4) is 0 Å². The second-order valence-electron chi connectivity index (χ2n) is 5.55. The number of carbonyl (C=O) groups excluding carboxylic acids is 1. The lowest BCUT2D eigenvalue weighted by Crippen LogP contribution is -2.10. The van der Waals surface area contributed by atoms with Gasteiger partial charge in [-0.25, -0.2) is 4.98 Å². The molecule has 3 nitrogen and oxygen atoms in total. The largest absolute Gasteiger partial charge is 0.332 e. The maximum absolute atomic E-state index is 11.2. The molecule has 4 heteroatoms. The molecule has 1 N–H and O–H groups in total. The van der Waals surface area contributed by atoms with Gasteiger partial charge in [-0.15, -0.1) is 11.3 Å². The number of nitrogens with zero attached hydrogens (tertiary/aromatic N) is 1. The average molecular weight is 274 g/mol. The van der Waals surface area contributed by atoms with Crippen molar-refractivity contribution in [3.05, 3.63) is 40.9 Å². The topological polar surface area (TPSA) is 42.0 Å². The van der Waals surface area contributed by atoms with Crippen LogP contribution in [0.25, 0.3) is 0 Å². The van der Waals surface area contributed by atoms with E-state index in [1.165, 1.54) is 23.8 Å². The molecule has 0 atom stereocenters. The number of ketones is 1. The molecule has 0 bridgehead atoms. The number of Topliss-reactive ketones (excluding diaryl/α,β-unsaturated/α-hetero) is 1. The lowest BCUT2D eigenvalue weighted by Gasteiger charge is -2.19. The Labute approximate surface area is 117 Å². The number of hydrogen-bond donors (Lipinski definition) is 1. The highest BCUT2D eigenvalue weighted by atomic mass is 32.1. The Bertz CT molecular complexity index is 579. The molecule has 1 heterocycles. The van der Waals surface area contributed by atoms with E-state index in [2.05, 4.69) is 43.2 Å². The predicted molar refractivity (Wildman–Crippen MR) is 80.5 cm³/mol. The number of nitrogens with one attached hydrogen (secondary N) is 1. The fourth-order valence-electron chi connectivity index (χ4n) is 1.67. The molecule has 0 saturated carbocycles. The highest BCUT2D eigenvalue weighted by molar-refractivity contribution is 7.14. The second-order valence-corrected chi connectivity index (χ2v) is 6.40. The van der Waals surface area contributed by atoms with Gasteiger partial charge in [0.25, 0.3) is 0 Å².